The third-order valence-corrected chi connectivity index (χ3v) is 8.05. The van der Waals surface area contributed by atoms with E-state index >= 15 is 0 Å². The largest absolute Gasteiger partial charge is 3.00 e. The van der Waals surface area contributed by atoms with Crippen LogP contribution in [0.15, 0.2) is 0 Å². The first-order valence-corrected chi connectivity index (χ1v) is 9.93. The van der Waals surface area contributed by atoms with Gasteiger partial charge in [-0.2, -0.15) is 0 Å². The molecular weight excluding hydrogens is 504 g/mol. The molecule has 0 N–H and O–H groups in total. The third kappa shape index (κ3) is 27.2. The molecule has 0 saturated carbocycles. The monoisotopic (exact) mass is 531 g/mol. The van der Waals surface area contributed by atoms with Crippen LogP contribution in [0.1, 0.15) is 41.5 Å². The van der Waals surface area contributed by atoms with Gasteiger partial charge in [-0.1, -0.05) is 41.5 Å². The van der Waals surface area contributed by atoms with Crippen LogP contribution in [0.3, 0.4) is 0 Å². The molecular formula is C12H30Br3NiP2. The van der Waals surface area contributed by atoms with Crippen LogP contribution in [0.2, 0.25) is 0 Å². The molecule has 0 unspecified atom stereocenters. The van der Waals surface area contributed by atoms with Crippen molar-refractivity contribution in [1.82, 2.24) is 0 Å². The van der Waals surface area contributed by atoms with Gasteiger partial charge in [0.2, 0.25) is 0 Å². The molecule has 0 nitrogen and oxygen atoms in total. The molecule has 0 aliphatic heterocycles. The molecule has 0 amide bonds. The molecule has 18 heavy (non-hydrogen) atoms. The van der Waals surface area contributed by atoms with Crippen molar-refractivity contribution in [2.24, 2.45) is 0 Å². The smallest absolute Gasteiger partial charge is 1.00 e. The third-order valence-electron chi connectivity index (χ3n) is 2.68. The Labute approximate surface area is 160 Å². The minimum Gasteiger partial charge on any atom is -1.00 e. The van der Waals surface area contributed by atoms with E-state index in [1.807, 2.05) is 0 Å². The number of halogens is 3. The summed E-state index contributed by atoms with van der Waals surface area (Å²) in [4.78, 5) is 0. The molecule has 0 spiro atoms. The van der Waals surface area contributed by atoms with E-state index in [1.165, 1.54) is 37.0 Å². The fourth-order valence-corrected chi connectivity index (χ4v) is 4.02. The molecule has 0 bridgehead atoms. The first-order chi connectivity index (χ1) is 6.69. The van der Waals surface area contributed by atoms with Crippen molar-refractivity contribution >= 4 is 15.8 Å². The molecule has 0 aromatic heterocycles. The van der Waals surface area contributed by atoms with Crippen molar-refractivity contribution in [1.29, 1.82) is 0 Å². The Balaban J connectivity index is -0.0000000327. The van der Waals surface area contributed by atoms with Gasteiger partial charge < -0.3 is 50.9 Å². The molecule has 0 aliphatic rings. The average molecular weight is 535 g/mol. The second-order valence-electron chi connectivity index (χ2n) is 3.24. The zero-order valence-corrected chi connectivity index (χ0v) is 20.1. The number of hydrogen-bond acceptors (Lipinski definition) is 0. The van der Waals surface area contributed by atoms with Gasteiger partial charge in [-0.25, -0.2) is 0 Å². The zero-order chi connectivity index (χ0) is 11.4. The van der Waals surface area contributed by atoms with Gasteiger partial charge in [0.05, 0.1) is 0 Å². The zero-order valence-electron chi connectivity index (χ0n) is 12.6. The molecule has 0 atom stereocenters. The van der Waals surface area contributed by atoms with E-state index in [-0.39, 0.29) is 67.4 Å². The van der Waals surface area contributed by atoms with E-state index in [9.17, 15) is 0 Å². The molecule has 1 radical (unpaired) electrons. The van der Waals surface area contributed by atoms with Gasteiger partial charge in [0.1, 0.15) is 0 Å². The van der Waals surface area contributed by atoms with Crippen molar-refractivity contribution < 1.29 is 67.4 Å². The van der Waals surface area contributed by atoms with Crippen LogP contribution < -0.4 is 50.9 Å². The van der Waals surface area contributed by atoms with Crippen molar-refractivity contribution in [2.45, 2.75) is 41.5 Å². The summed E-state index contributed by atoms with van der Waals surface area (Å²) in [6.45, 7) is 13.7. The van der Waals surface area contributed by atoms with Gasteiger partial charge >= 0.3 is 16.5 Å². The van der Waals surface area contributed by atoms with Gasteiger partial charge in [-0.15, -0.1) is 15.8 Å². The van der Waals surface area contributed by atoms with Crippen LogP contribution in [-0.4, -0.2) is 37.0 Å². The summed E-state index contributed by atoms with van der Waals surface area (Å²) in [5, 5.41) is 0. The van der Waals surface area contributed by atoms with E-state index in [2.05, 4.69) is 41.5 Å². The summed E-state index contributed by atoms with van der Waals surface area (Å²) in [6.07, 6.45) is 8.51. The Bertz CT molecular complexity index is 80.3. The van der Waals surface area contributed by atoms with Gasteiger partial charge in [0, 0.05) is 0 Å². The summed E-state index contributed by atoms with van der Waals surface area (Å²) >= 11 is 0. The van der Waals surface area contributed by atoms with Crippen LogP contribution in [-0.2, 0) is 16.5 Å². The Morgan fingerprint density at radius 2 is 0.556 bits per heavy atom. The van der Waals surface area contributed by atoms with E-state index < -0.39 is 0 Å². The normalized spacial score (nSPS) is 8.00. The summed E-state index contributed by atoms with van der Waals surface area (Å²) in [6, 6.07) is 0. The van der Waals surface area contributed by atoms with Gasteiger partial charge in [-0.05, 0) is 37.0 Å². The van der Waals surface area contributed by atoms with Gasteiger partial charge in [0.15, 0.2) is 0 Å². The minimum absolute atomic E-state index is 0. The van der Waals surface area contributed by atoms with Crippen molar-refractivity contribution in [3.8, 4) is 0 Å². The van der Waals surface area contributed by atoms with Crippen LogP contribution in [0, 0.1) is 0 Å². The summed E-state index contributed by atoms with van der Waals surface area (Å²) < 4.78 is 0. The van der Waals surface area contributed by atoms with Crippen LogP contribution >= 0.6 is 15.8 Å². The van der Waals surface area contributed by atoms with E-state index in [1.54, 1.807) is 0 Å². The Morgan fingerprint density at radius 3 is 0.556 bits per heavy atom. The molecule has 0 aromatic carbocycles. The molecule has 119 valence electrons. The summed E-state index contributed by atoms with van der Waals surface area (Å²) in [5.74, 6) is 0. The average Bonchev–Trinajstić information content (AvgIpc) is 2.24. The number of hydrogen-bond donors (Lipinski definition) is 0. The molecule has 6 heteroatoms. The number of rotatable bonds is 6. The maximum absolute atomic E-state index is 2.29. The maximum atomic E-state index is 2.29. The predicted molar refractivity (Wildman–Crippen MR) is 77.1 cm³/mol. The Hall–Kier alpha value is 2.79. The molecule has 0 aliphatic carbocycles. The fraction of sp³-hybridized carbons (Fsp3) is 1.00. The van der Waals surface area contributed by atoms with E-state index in [0.29, 0.717) is 15.8 Å². The summed E-state index contributed by atoms with van der Waals surface area (Å²) in [7, 11) is 0.892. The maximum Gasteiger partial charge on any atom is 3.00 e. The molecule has 0 heterocycles. The topological polar surface area (TPSA) is 0 Å². The molecule has 0 rings (SSSR count). The standard InChI is InChI=1S/2C6H15P.3BrH.Ni/c2*1-4-7(5-2)6-3;;;;/h2*4-6H2,1-3H3;3*1H;/q;;;;;+3/p-3. The summed E-state index contributed by atoms with van der Waals surface area (Å²) in [5.41, 5.74) is 0. The first kappa shape index (κ1) is 37.2. The van der Waals surface area contributed by atoms with Crippen LogP contribution in [0.25, 0.3) is 0 Å². The van der Waals surface area contributed by atoms with E-state index in [4.69, 9.17) is 0 Å². The van der Waals surface area contributed by atoms with Crippen molar-refractivity contribution in [3.05, 3.63) is 0 Å². The fourth-order valence-electron chi connectivity index (χ4n) is 1.34. The first-order valence-electron chi connectivity index (χ1n) is 6.14. The van der Waals surface area contributed by atoms with Crippen LogP contribution in [0.4, 0.5) is 0 Å². The Kier molecular flexibility index (Phi) is 66.1. The SMILES string of the molecule is CCP(CC)CC.CCP(CC)CC.[Br-].[Br-].[Br-].[Ni+3]. The molecule has 0 fully saturated rings. The molecule has 0 saturated heterocycles. The minimum atomic E-state index is 0. The van der Waals surface area contributed by atoms with Crippen LogP contribution in [0.5, 0.6) is 0 Å². The van der Waals surface area contributed by atoms with Gasteiger partial charge in [-0.3, -0.25) is 0 Å². The van der Waals surface area contributed by atoms with E-state index in [0.717, 1.165) is 0 Å². The van der Waals surface area contributed by atoms with Crippen molar-refractivity contribution in [3.63, 3.8) is 0 Å². The quantitative estimate of drug-likeness (QED) is 0.241. The Morgan fingerprint density at radius 1 is 0.444 bits per heavy atom. The van der Waals surface area contributed by atoms with Gasteiger partial charge in [0.25, 0.3) is 0 Å². The van der Waals surface area contributed by atoms with Crippen molar-refractivity contribution in [2.75, 3.05) is 37.0 Å². The predicted octanol–water partition coefficient (Wildman–Crippen LogP) is -3.93. The second kappa shape index (κ2) is 31.9. The molecule has 0 aromatic rings. The second-order valence-corrected chi connectivity index (χ2v) is 9.72.